The van der Waals surface area contributed by atoms with Crippen LogP contribution in [-0.4, -0.2) is 6.21 Å². The highest BCUT2D eigenvalue weighted by molar-refractivity contribution is 5.54. The number of hydrogen-bond donors (Lipinski definition) is 0. The molecule has 0 radical (unpaired) electrons. The summed E-state index contributed by atoms with van der Waals surface area (Å²) in [5.74, 6) is 0. The van der Waals surface area contributed by atoms with Crippen molar-refractivity contribution >= 4 is 6.21 Å². The zero-order valence-electron chi connectivity index (χ0n) is 8.52. The first kappa shape index (κ1) is 16.6. The Morgan fingerprint density at radius 3 is 1.64 bits per heavy atom. The standard InChI is InChI=1S/C6H11N.C2H6.C2H4/c1-4-7-5-6(2)3;2*1-2/h4-5H,1-3H3;1-2H3;1-2H2. The summed E-state index contributed by atoms with van der Waals surface area (Å²) in [5, 5.41) is 0. The molecule has 0 aromatic rings. The first-order valence-corrected chi connectivity index (χ1v) is 3.88. The van der Waals surface area contributed by atoms with Crippen LogP contribution in [0, 0.1) is 0 Å². The van der Waals surface area contributed by atoms with Crippen LogP contribution in [0.2, 0.25) is 0 Å². The highest BCUT2D eigenvalue weighted by atomic mass is 14.7. The maximum Gasteiger partial charge on any atom is 0.0250 e. The zero-order chi connectivity index (χ0) is 9.70. The Hall–Kier alpha value is -0.850. The van der Waals surface area contributed by atoms with Gasteiger partial charge < -0.3 is 0 Å². The Kier molecular flexibility index (Phi) is 34.6. The lowest BCUT2D eigenvalue weighted by atomic mass is 10.4. The zero-order valence-corrected chi connectivity index (χ0v) is 8.52. The van der Waals surface area contributed by atoms with Crippen LogP contribution in [0.4, 0.5) is 0 Å². The van der Waals surface area contributed by atoms with Gasteiger partial charge in [-0.15, -0.1) is 13.2 Å². The van der Waals surface area contributed by atoms with Crippen LogP contribution in [0.3, 0.4) is 0 Å². The van der Waals surface area contributed by atoms with Gasteiger partial charge in [-0.2, -0.15) is 0 Å². The molecule has 0 rings (SSSR count). The second-order valence-electron chi connectivity index (χ2n) is 1.61. The largest absolute Gasteiger partial charge is 0.269 e. The molecule has 0 saturated carbocycles. The highest BCUT2D eigenvalue weighted by Gasteiger charge is 1.66. The van der Waals surface area contributed by atoms with E-state index in [1.54, 1.807) is 6.21 Å². The van der Waals surface area contributed by atoms with Gasteiger partial charge in [-0.1, -0.05) is 19.4 Å². The monoisotopic (exact) mass is 155 g/mol. The minimum atomic E-state index is 1.23. The summed E-state index contributed by atoms with van der Waals surface area (Å²) in [7, 11) is 0. The summed E-state index contributed by atoms with van der Waals surface area (Å²) in [6, 6.07) is 0. The van der Waals surface area contributed by atoms with Gasteiger partial charge in [0.25, 0.3) is 0 Å². The number of hydrogen-bond acceptors (Lipinski definition) is 1. The van der Waals surface area contributed by atoms with Gasteiger partial charge in [-0.3, -0.25) is 4.99 Å². The second-order valence-corrected chi connectivity index (χ2v) is 1.61. The molecule has 0 N–H and O–H groups in total. The molecular weight excluding hydrogens is 134 g/mol. The molecule has 0 aliphatic heterocycles. The van der Waals surface area contributed by atoms with E-state index in [9.17, 15) is 0 Å². The van der Waals surface area contributed by atoms with Gasteiger partial charge in [0, 0.05) is 12.4 Å². The molecule has 0 fully saturated rings. The smallest absolute Gasteiger partial charge is 0.0250 e. The van der Waals surface area contributed by atoms with Crippen LogP contribution in [-0.2, 0) is 0 Å². The average Bonchev–Trinajstić information content (AvgIpc) is 2.08. The minimum Gasteiger partial charge on any atom is -0.269 e. The minimum absolute atomic E-state index is 1.23. The Balaban J connectivity index is -0.000000138. The third-order valence-electron chi connectivity index (χ3n) is 0.482. The van der Waals surface area contributed by atoms with Gasteiger partial charge in [-0.05, 0) is 20.8 Å². The number of aliphatic imine (C=N–C) groups is 1. The molecule has 0 spiro atoms. The van der Waals surface area contributed by atoms with E-state index in [4.69, 9.17) is 0 Å². The van der Waals surface area contributed by atoms with Crippen molar-refractivity contribution in [1.29, 1.82) is 0 Å². The summed E-state index contributed by atoms with van der Waals surface area (Å²) in [4.78, 5) is 3.88. The van der Waals surface area contributed by atoms with E-state index in [1.165, 1.54) is 5.57 Å². The molecule has 66 valence electrons. The maximum atomic E-state index is 3.88. The molecule has 11 heavy (non-hydrogen) atoms. The van der Waals surface area contributed by atoms with Crippen LogP contribution in [0.1, 0.15) is 34.6 Å². The van der Waals surface area contributed by atoms with Crippen molar-refractivity contribution in [2.45, 2.75) is 34.6 Å². The van der Waals surface area contributed by atoms with Gasteiger partial charge in [0.05, 0.1) is 0 Å². The van der Waals surface area contributed by atoms with Crippen LogP contribution in [0.15, 0.2) is 29.9 Å². The topological polar surface area (TPSA) is 12.4 Å². The fourth-order valence-corrected chi connectivity index (χ4v) is 0.224. The molecule has 0 saturated heterocycles. The van der Waals surface area contributed by atoms with E-state index in [0.29, 0.717) is 0 Å². The predicted molar refractivity (Wildman–Crippen MR) is 56.2 cm³/mol. The lowest BCUT2D eigenvalue weighted by molar-refractivity contribution is 1.34. The second kappa shape index (κ2) is 22.9. The van der Waals surface area contributed by atoms with Crippen molar-refractivity contribution in [3.05, 3.63) is 24.9 Å². The third-order valence-corrected chi connectivity index (χ3v) is 0.482. The number of allylic oxidation sites excluding steroid dienone is 1. The third kappa shape index (κ3) is 47.1. The lowest BCUT2D eigenvalue weighted by Gasteiger charge is -1.78. The Bertz CT molecular complexity index is 97.4. The first-order valence-electron chi connectivity index (χ1n) is 3.88. The van der Waals surface area contributed by atoms with E-state index in [0.717, 1.165) is 0 Å². The fourth-order valence-electron chi connectivity index (χ4n) is 0.224. The van der Waals surface area contributed by atoms with E-state index >= 15 is 0 Å². The normalized spacial score (nSPS) is 7.00. The Labute approximate surface area is 71.6 Å². The maximum absolute atomic E-state index is 3.88. The lowest BCUT2D eigenvalue weighted by Crippen LogP contribution is -1.59. The van der Waals surface area contributed by atoms with E-state index in [-0.39, 0.29) is 0 Å². The summed E-state index contributed by atoms with van der Waals surface area (Å²) in [6.07, 6.45) is 3.60. The van der Waals surface area contributed by atoms with Crippen molar-refractivity contribution < 1.29 is 0 Å². The van der Waals surface area contributed by atoms with Crippen molar-refractivity contribution in [2.75, 3.05) is 0 Å². The molecular formula is C10H21N. The van der Waals surface area contributed by atoms with E-state index in [1.807, 2.05) is 40.8 Å². The molecule has 0 amide bonds. The predicted octanol–water partition coefficient (Wildman–Crippen LogP) is 3.83. The molecule has 0 unspecified atom stereocenters. The molecule has 1 nitrogen and oxygen atoms in total. The van der Waals surface area contributed by atoms with Gasteiger partial charge in [0.15, 0.2) is 0 Å². The highest BCUT2D eigenvalue weighted by Crippen LogP contribution is 1.85. The molecule has 0 bridgehead atoms. The van der Waals surface area contributed by atoms with Gasteiger partial charge in [0.1, 0.15) is 0 Å². The molecule has 0 aliphatic rings. The molecule has 0 aromatic carbocycles. The summed E-state index contributed by atoms with van der Waals surface area (Å²) in [6.45, 7) is 15.9. The van der Waals surface area contributed by atoms with E-state index < -0.39 is 0 Å². The van der Waals surface area contributed by atoms with Crippen molar-refractivity contribution in [2.24, 2.45) is 4.99 Å². The van der Waals surface area contributed by atoms with Gasteiger partial charge in [-0.25, -0.2) is 0 Å². The molecule has 1 heteroatoms. The molecule has 0 aromatic heterocycles. The van der Waals surface area contributed by atoms with Crippen molar-refractivity contribution in [3.63, 3.8) is 0 Å². The Morgan fingerprint density at radius 1 is 1.18 bits per heavy atom. The van der Waals surface area contributed by atoms with Crippen LogP contribution in [0.5, 0.6) is 0 Å². The van der Waals surface area contributed by atoms with Crippen LogP contribution < -0.4 is 0 Å². The molecule has 0 atom stereocenters. The van der Waals surface area contributed by atoms with Crippen molar-refractivity contribution in [3.8, 4) is 0 Å². The summed E-state index contributed by atoms with van der Waals surface area (Å²) < 4.78 is 0. The average molecular weight is 155 g/mol. The summed E-state index contributed by atoms with van der Waals surface area (Å²) in [5.41, 5.74) is 1.23. The fraction of sp³-hybridized carbons (Fsp3) is 0.500. The number of nitrogens with zero attached hydrogens (tertiary/aromatic N) is 1. The van der Waals surface area contributed by atoms with Gasteiger partial charge >= 0.3 is 0 Å². The van der Waals surface area contributed by atoms with Crippen LogP contribution in [0.25, 0.3) is 0 Å². The van der Waals surface area contributed by atoms with Crippen molar-refractivity contribution in [1.82, 2.24) is 0 Å². The molecule has 0 aliphatic carbocycles. The van der Waals surface area contributed by atoms with Crippen LogP contribution >= 0.6 is 0 Å². The quantitative estimate of drug-likeness (QED) is 0.403. The SMILES string of the molecule is C=C.CC.CC=NC=C(C)C. The first-order chi connectivity index (χ1) is 5.27. The summed E-state index contributed by atoms with van der Waals surface area (Å²) >= 11 is 0. The Morgan fingerprint density at radius 2 is 1.55 bits per heavy atom. The van der Waals surface area contributed by atoms with Gasteiger partial charge in [0.2, 0.25) is 0 Å². The number of rotatable bonds is 1. The molecule has 0 heterocycles. The van der Waals surface area contributed by atoms with E-state index in [2.05, 4.69) is 18.2 Å².